The summed E-state index contributed by atoms with van der Waals surface area (Å²) in [6.07, 6.45) is 0.173. The van der Waals surface area contributed by atoms with Crippen molar-refractivity contribution in [2.75, 3.05) is 19.5 Å². The normalized spacial score (nSPS) is 9.81. The number of carboxylic acids is 1. The van der Waals surface area contributed by atoms with Gasteiger partial charge in [-0.05, 0) is 48.0 Å². The molecule has 4 aromatic rings. The summed E-state index contributed by atoms with van der Waals surface area (Å²) in [5.74, 6) is -5.15. The summed E-state index contributed by atoms with van der Waals surface area (Å²) in [7, 11) is 2.17. The van der Waals surface area contributed by atoms with Gasteiger partial charge < -0.3 is 19.9 Å². The molecule has 22 heteroatoms. The molecule has 63 heavy (non-hydrogen) atoms. The molecule has 0 radical (unpaired) electrons. The van der Waals surface area contributed by atoms with Gasteiger partial charge in [-0.2, -0.15) is 4.39 Å². The van der Waals surface area contributed by atoms with Crippen LogP contribution in [0, 0.1) is 36.2 Å². The summed E-state index contributed by atoms with van der Waals surface area (Å²) in [6.45, 7) is 16.0. The molecule has 4 aromatic carbocycles. The number of ether oxygens (including phenoxy) is 2. The number of rotatable bonds is 8. The van der Waals surface area contributed by atoms with Crippen molar-refractivity contribution in [3.63, 3.8) is 0 Å². The number of halogens is 5. The fourth-order valence-corrected chi connectivity index (χ4v) is 5.74. The number of hydrogen-bond acceptors (Lipinski definition) is 12. The lowest BCUT2D eigenvalue weighted by atomic mass is 9.97. The average molecular weight is 1140 g/mol. The highest BCUT2D eigenvalue weighted by Gasteiger charge is 2.36. The van der Waals surface area contributed by atoms with Crippen molar-refractivity contribution in [3.8, 4) is 0 Å². The summed E-state index contributed by atoms with van der Waals surface area (Å²) in [5.41, 5.74) is 1.08. The number of carbonyl (C=O) groups is 4. The van der Waals surface area contributed by atoms with Gasteiger partial charge in [0.25, 0.3) is 11.4 Å². The average Bonchev–Trinajstić information content (AvgIpc) is 3.64. The fourth-order valence-electron chi connectivity index (χ4n) is 4.34. The highest BCUT2D eigenvalue weighted by atomic mass is 79.9. The largest absolute Gasteiger partial charge is 0.481 e. The summed E-state index contributed by atoms with van der Waals surface area (Å²) in [5, 5.41) is 42.9. The molecule has 1 amide bonds. The first kappa shape index (κ1) is 62.1. The van der Waals surface area contributed by atoms with E-state index >= 15 is 0 Å². The number of fused-ring (bicyclic) bond motifs is 1. The monoisotopic (exact) mass is 1140 g/mol. The first-order valence-electron chi connectivity index (χ1n) is 18.7. The van der Waals surface area contributed by atoms with E-state index in [0.717, 1.165) is 42.1 Å². The maximum Gasteiger partial charge on any atom is 0.324 e. The van der Waals surface area contributed by atoms with Gasteiger partial charge in [-0.1, -0.05) is 131 Å². The molecule has 0 unspecified atom stereocenters. The minimum atomic E-state index is -1.48. The molecule has 1 heterocycles. The van der Waals surface area contributed by atoms with Crippen LogP contribution < -0.4 is 5.32 Å². The first-order valence-corrected chi connectivity index (χ1v) is 21.9. The smallest absolute Gasteiger partial charge is 0.324 e. The van der Waals surface area contributed by atoms with E-state index in [9.17, 15) is 53.9 Å². The fraction of sp³-hybridized carbons (Fsp3) is 0.317. The van der Waals surface area contributed by atoms with Gasteiger partial charge in [0.15, 0.2) is 5.92 Å². The summed E-state index contributed by atoms with van der Waals surface area (Å²) < 4.78 is 24.0. The Bertz CT molecular complexity index is 2130. The van der Waals surface area contributed by atoms with Gasteiger partial charge in [0.2, 0.25) is 11.7 Å². The van der Waals surface area contributed by atoms with Crippen LogP contribution in [0.4, 0.5) is 27.1 Å². The number of hydrogen-bond donors (Lipinski definition) is 2. The van der Waals surface area contributed by atoms with Crippen LogP contribution in [0.1, 0.15) is 78.0 Å². The van der Waals surface area contributed by atoms with Crippen LogP contribution in [0.15, 0.2) is 90.7 Å². The molecular formula is C41H49Br4FN4O13. The first-order chi connectivity index (χ1) is 29.8. The number of nitro groups is 3. The molecule has 0 fully saturated rings. The Balaban J connectivity index is -0.000000735. The Morgan fingerprint density at radius 1 is 0.667 bits per heavy atom. The van der Waals surface area contributed by atoms with Gasteiger partial charge in [0.1, 0.15) is 0 Å². The number of nitrogens with one attached hydrogen (secondary N) is 1. The third kappa shape index (κ3) is 22.6. The van der Waals surface area contributed by atoms with Crippen LogP contribution >= 0.6 is 63.7 Å². The van der Waals surface area contributed by atoms with Crippen molar-refractivity contribution in [1.82, 2.24) is 0 Å². The molecule has 1 aliphatic rings. The van der Waals surface area contributed by atoms with Gasteiger partial charge in [-0.25, -0.2) is 0 Å². The van der Waals surface area contributed by atoms with Crippen LogP contribution in [0.25, 0.3) is 0 Å². The number of nitrogens with zero attached hydrogens (tertiary/aromatic N) is 3. The van der Waals surface area contributed by atoms with E-state index in [2.05, 4.69) is 78.5 Å². The molecule has 0 atom stereocenters. The van der Waals surface area contributed by atoms with E-state index in [-0.39, 0.29) is 34.8 Å². The van der Waals surface area contributed by atoms with Gasteiger partial charge in [-0.3, -0.25) is 49.5 Å². The number of esters is 2. The number of aliphatic carboxylic acids is 1. The topological polar surface area (TPSA) is 248 Å². The molecule has 5 rings (SSSR count). The molecular weight excluding hydrogens is 1100 g/mol. The Labute approximate surface area is 398 Å². The second kappa shape index (κ2) is 34.3. The molecule has 0 aromatic heterocycles. The number of benzene rings is 4. The zero-order valence-corrected chi connectivity index (χ0v) is 42.3. The van der Waals surface area contributed by atoms with Crippen molar-refractivity contribution in [1.29, 1.82) is 0 Å². The van der Waals surface area contributed by atoms with Crippen LogP contribution in [0.3, 0.4) is 0 Å². The van der Waals surface area contributed by atoms with Crippen LogP contribution in [0.5, 0.6) is 0 Å². The minimum absolute atomic E-state index is 0.0769. The van der Waals surface area contributed by atoms with E-state index in [1.807, 2.05) is 73.6 Å². The highest BCUT2D eigenvalue weighted by molar-refractivity contribution is 9.11. The van der Waals surface area contributed by atoms with E-state index in [4.69, 9.17) is 5.11 Å². The molecule has 0 spiro atoms. The zero-order valence-electron chi connectivity index (χ0n) is 36.0. The maximum atomic E-state index is 12.6. The quantitative estimate of drug-likeness (QED) is 0.0722. The number of carbonyl (C=O) groups excluding carboxylic acids is 3. The Morgan fingerprint density at radius 3 is 1.49 bits per heavy atom. The second-order valence-electron chi connectivity index (χ2n) is 10.4. The number of methoxy groups -OCH3 is 2. The molecule has 0 saturated carbocycles. The molecule has 0 aliphatic carbocycles. The summed E-state index contributed by atoms with van der Waals surface area (Å²) in [4.78, 5) is 74.1. The minimum Gasteiger partial charge on any atom is -0.481 e. The van der Waals surface area contributed by atoms with Crippen molar-refractivity contribution >= 4 is 110 Å². The van der Waals surface area contributed by atoms with E-state index in [0.29, 0.717) is 19.8 Å². The van der Waals surface area contributed by atoms with Crippen LogP contribution in [-0.2, 0) is 41.5 Å². The SMILES string of the molecule is CC.CC.CC.CC.COC(=O)C(C(=O)OC)c1ccc(Br)cc1[N+](=O)[O-].O=C(O)Cc1ccc(Br)cc1[N+](=O)[O-].O=C1Cc2ccc(Br)cc2N1.O=[N+]([O-])c1cc(Br)ccc1F. The second-order valence-corrected chi connectivity index (χ2v) is 14.1. The number of amides is 1. The van der Waals surface area contributed by atoms with Crippen LogP contribution in [-0.4, -0.2) is 57.9 Å². The summed E-state index contributed by atoms with van der Waals surface area (Å²) in [6, 6.07) is 17.7. The predicted octanol–water partition coefficient (Wildman–Crippen LogP) is 12.3. The molecule has 1 aliphatic heterocycles. The molecule has 0 bridgehead atoms. The van der Waals surface area contributed by atoms with Gasteiger partial charge in [-0.15, -0.1) is 0 Å². The standard InChI is InChI=1S/C11H10BrNO6.C8H6BrNO4.C8H6BrNO.C6H3BrFNO2.4C2H6/c1-18-10(14)9(11(15)19-2)7-4-3-6(12)5-8(7)13(16)17;9-6-2-1-5(3-8(11)12)7(4-6)10(13)14;9-6-2-1-5-3-8(11)10-7(5)4-6;7-4-1-2-5(8)6(3-4)9(10)11;4*1-2/h3-5,9H,1-2H3;1-2,4H,3H2,(H,11,12);1-2,4H,3H2,(H,10,11);1-3H;4*1-2H3. The molecule has 17 nitrogen and oxygen atoms in total. The van der Waals surface area contributed by atoms with Crippen molar-refractivity contribution < 1.29 is 52.9 Å². The lowest BCUT2D eigenvalue weighted by Crippen LogP contribution is -2.25. The van der Waals surface area contributed by atoms with E-state index in [1.165, 1.54) is 36.4 Å². The summed E-state index contributed by atoms with van der Waals surface area (Å²) >= 11 is 12.5. The van der Waals surface area contributed by atoms with Crippen molar-refractivity contribution in [2.45, 2.75) is 74.1 Å². The van der Waals surface area contributed by atoms with Gasteiger partial charge in [0, 0.05) is 47.3 Å². The Hall–Kier alpha value is -5.19. The zero-order chi connectivity index (χ0) is 49.6. The lowest BCUT2D eigenvalue weighted by molar-refractivity contribution is -0.387. The van der Waals surface area contributed by atoms with Crippen molar-refractivity contribution in [3.05, 3.63) is 144 Å². The van der Waals surface area contributed by atoms with E-state index in [1.54, 1.807) is 6.07 Å². The lowest BCUT2D eigenvalue weighted by Gasteiger charge is -2.13. The molecule has 0 saturated heterocycles. The number of nitro benzene ring substituents is 3. The third-order valence-corrected chi connectivity index (χ3v) is 8.73. The molecule has 346 valence electrons. The van der Waals surface area contributed by atoms with Crippen LogP contribution in [0.2, 0.25) is 0 Å². The Kier molecular flexibility index (Phi) is 33.8. The third-order valence-electron chi connectivity index (χ3n) is 6.76. The number of carboxylic acid groups (broad SMARTS) is 1. The highest BCUT2D eigenvalue weighted by Crippen LogP contribution is 2.31. The Morgan fingerprint density at radius 2 is 1.06 bits per heavy atom. The predicted molar refractivity (Wildman–Crippen MR) is 252 cm³/mol. The number of anilines is 1. The van der Waals surface area contributed by atoms with E-state index < -0.39 is 50.1 Å². The maximum absolute atomic E-state index is 12.6. The van der Waals surface area contributed by atoms with Gasteiger partial charge in [0.05, 0.1) is 47.4 Å². The van der Waals surface area contributed by atoms with Crippen molar-refractivity contribution in [2.24, 2.45) is 0 Å². The molecule has 2 N–H and O–H groups in total. The van der Waals surface area contributed by atoms with Gasteiger partial charge >= 0.3 is 23.6 Å².